The summed E-state index contributed by atoms with van der Waals surface area (Å²) >= 11 is 1.33. The highest BCUT2D eigenvalue weighted by atomic mass is 32.1. The lowest BCUT2D eigenvalue weighted by molar-refractivity contribution is -0.173. The van der Waals surface area contributed by atoms with Crippen molar-refractivity contribution >= 4 is 23.0 Å². The van der Waals surface area contributed by atoms with Crippen LogP contribution in [0.15, 0.2) is 22.6 Å². The maximum absolute atomic E-state index is 11.8. The third kappa shape index (κ3) is 3.35. The van der Waals surface area contributed by atoms with E-state index in [2.05, 4.69) is 5.10 Å². The summed E-state index contributed by atoms with van der Waals surface area (Å²) in [4.78, 5) is 11.1. The Labute approximate surface area is 87.6 Å². The second-order valence-electron chi connectivity index (χ2n) is 2.61. The number of hydrazone groups is 1. The highest BCUT2D eigenvalue weighted by Gasteiger charge is 2.38. The van der Waals surface area contributed by atoms with Crippen molar-refractivity contribution in [2.45, 2.75) is 13.1 Å². The Morgan fingerprint density at radius 3 is 2.67 bits per heavy atom. The summed E-state index contributed by atoms with van der Waals surface area (Å²) in [5, 5.41) is 5.10. The van der Waals surface area contributed by atoms with Gasteiger partial charge in [0.25, 0.3) is 0 Å². The summed E-state index contributed by atoms with van der Waals surface area (Å²) in [6.07, 6.45) is -4.90. The van der Waals surface area contributed by atoms with Crippen molar-refractivity contribution in [3.63, 3.8) is 0 Å². The molecular weight excluding hydrogens is 229 g/mol. The smallest absolute Gasteiger partial charge is 0.263 e. The summed E-state index contributed by atoms with van der Waals surface area (Å²) in [7, 11) is 0. The van der Waals surface area contributed by atoms with E-state index < -0.39 is 12.1 Å². The second-order valence-corrected chi connectivity index (χ2v) is 3.56. The number of hydrogen-bond acceptors (Lipinski definition) is 3. The zero-order valence-corrected chi connectivity index (χ0v) is 8.45. The maximum Gasteiger partial charge on any atom is 0.473 e. The van der Waals surface area contributed by atoms with Crippen molar-refractivity contribution in [3.05, 3.63) is 22.4 Å². The first-order valence-electron chi connectivity index (χ1n) is 3.86. The Kier molecular flexibility index (Phi) is 3.46. The molecule has 0 saturated heterocycles. The number of carbonyl (C=O) groups excluding carboxylic acids is 1. The van der Waals surface area contributed by atoms with Crippen LogP contribution in [-0.4, -0.2) is 17.8 Å². The van der Waals surface area contributed by atoms with Gasteiger partial charge in [0.15, 0.2) is 0 Å². The average Bonchev–Trinajstić information content (AvgIpc) is 2.64. The van der Waals surface area contributed by atoms with Gasteiger partial charge in [-0.15, -0.1) is 11.3 Å². The SMILES string of the molecule is C/C(=N/NC(=O)C(F)(F)F)c1cccs1. The van der Waals surface area contributed by atoms with E-state index in [-0.39, 0.29) is 0 Å². The normalized spacial score (nSPS) is 12.7. The van der Waals surface area contributed by atoms with Crippen molar-refractivity contribution in [1.29, 1.82) is 0 Å². The molecule has 0 aromatic carbocycles. The van der Waals surface area contributed by atoms with Crippen LogP contribution in [0.5, 0.6) is 0 Å². The molecule has 0 saturated carbocycles. The monoisotopic (exact) mass is 236 g/mol. The van der Waals surface area contributed by atoms with Gasteiger partial charge in [-0.05, 0) is 18.4 Å². The number of nitrogens with one attached hydrogen (secondary N) is 1. The molecule has 0 aliphatic carbocycles. The van der Waals surface area contributed by atoms with Crippen LogP contribution in [-0.2, 0) is 4.79 Å². The van der Waals surface area contributed by atoms with Crippen LogP contribution in [0.25, 0.3) is 0 Å². The molecule has 0 fully saturated rings. The van der Waals surface area contributed by atoms with E-state index in [9.17, 15) is 18.0 Å². The van der Waals surface area contributed by atoms with Crippen LogP contribution in [0.1, 0.15) is 11.8 Å². The largest absolute Gasteiger partial charge is 0.473 e. The Morgan fingerprint density at radius 1 is 1.53 bits per heavy atom. The van der Waals surface area contributed by atoms with Crippen molar-refractivity contribution in [3.8, 4) is 0 Å². The van der Waals surface area contributed by atoms with Gasteiger partial charge in [0, 0.05) is 4.88 Å². The van der Waals surface area contributed by atoms with Gasteiger partial charge < -0.3 is 0 Å². The van der Waals surface area contributed by atoms with Gasteiger partial charge in [-0.3, -0.25) is 4.79 Å². The summed E-state index contributed by atoms with van der Waals surface area (Å²) in [6.45, 7) is 1.52. The Morgan fingerprint density at radius 2 is 2.20 bits per heavy atom. The van der Waals surface area contributed by atoms with Crippen molar-refractivity contribution in [1.82, 2.24) is 5.43 Å². The maximum atomic E-state index is 11.8. The molecule has 1 heterocycles. The van der Waals surface area contributed by atoms with Gasteiger partial charge in [0.1, 0.15) is 0 Å². The molecule has 0 unspecified atom stereocenters. The van der Waals surface area contributed by atoms with Crippen molar-refractivity contribution in [2.24, 2.45) is 5.10 Å². The zero-order chi connectivity index (χ0) is 11.5. The molecule has 0 bridgehead atoms. The van der Waals surface area contributed by atoms with E-state index in [0.717, 1.165) is 0 Å². The predicted molar refractivity (Wildman–Crippen MR) is 50.7 cm³/mol. The molecule has 1 rings (SSSR count). The molecule has 1 aromatic heterocycles. The van der Waals surface area contributed by atoms with Crippen LogP contribution < -0.4 is 5.43 Å². The molecule has 1 aromatic rings. The summed E-state index contributed by atoms with van der Waals surface area (Å²) in [6, 6.07) is 3.44. The number of nitrogens with zero attached hydrogens (tertiary/aromatic N) is 1. The molecule has 0 spiro atoms. The van der Waals surface area contributed by atoms with Crippen LogP contribution in [0.3, 0.4) is 0 Å². The lowest BCUT2D eigenvalue weighted by atomic mass is 10.3. The highest BCUT2D eigenvalue weighted by molar-refractivity contribution is 7.12. The lowest BCUT2D eigenvalue weighted by Crippen LogP contribution is -2.34. The number of rotatable bonds is 2. The third-order valence-corrected chi connectivity index (χ3v) is 2.44. The molecule has 15 heavy (non-hydrogen) atoms. The molecule has 0 radical (unpaired) electrons. The fourth-order valence-corrected chi connectivity index (χ4v) is 1.41. The molecule has 0 aliphatic heterocycles. The first-order chi connectivity index (χ1) is 6.91. The number of carbonyl (C=O) groups is 1. The van der Waals surface area contributed by atoms with E-state index in [1.165, 1.54) is 23.7 Å². The van der Waals surface area contributed by atoms with E-state index in [1.54, 1.807) is 17.5 Å². The van der Waals surface area contributed by atoms with E-state index in [4.69, 9.17) is 0 Å². The molecule has 82 valence electrons. The van der Waals surface area contributed by atoms with E-state index in [1.807, 2.05) is 0 Å². The predicted octanol–water partition coefficient (Wildman–Crippen LogP) is 2.15. The Hall–Kier alpha value is -1.37. The first kappa shape index (κ1) is 11.7. The molecule has 0 aliphatic rings. The van der Waals surface area contributed by atoms with E-state index >= 15 is 0 Å². The Balaban J connectivity index is 2.63. The number of amides is 1. The summed E-state index contributed by atoms with van der Waals surface area (Å²) < 4.78 is 35.3. The molecule has 3 nitrogen and oxygen atoms in total. The second kappa shape index (κ2) is 4.43. The standard InChI is InChI=1S/C8H7F3N2OS/c1-5(6-3-2-4-15-6)12-13-7(14)8(9,10)11/h2-4H,1H3,(H,13,14)/b12-5-. The van der Waals surface area contributed by atoms with E-state index in [0.29, 0.717) is 10.6 Å². The lowest BCUT2D eigenvalue weighted by Gasteiger charge is -2.03. The number of thiophene rings is 1. The first-order valence-corrected chi connectivity index (χ1v) is 4.74. The van der Waals surface area contributed by atoms with Gasteiger partial charge in [-0.2, -0.15) is 18.3 Å². The molecule has 7 heteroatoms. The third-order valence-electron chi connectivity index (χ3n) is 1.46. The highest BCUT2D eigenvalue weighted by Crippen LogP contribution is 2.14. The number of halogens is 3. The summed E-state index contributed by atoms with van der Waals surface area (Å²) in [5.74, 6) is -2.07. The summed E-state index contributed by atoms with van der Waals surface area (Å²) in [5.41, 5.74) is 1.78. The topological polar surface area (TPSA) is 41.5 Å². The van der Waals surface area contributed by atoms with Gasteiger partial charge >= 0.3 is 12.1 Å². The molecular formula is C8H7F3N2OS. The number of hydrogen-bond donors (Lipinski definition) is 1. The minimum Gasteiger partial charge on any atom is -0.263 e. The molecule has 1 amide bonds. The van der Waals surface area contributed by atoms with Gasteiger partial charge in [0.2, 0.25) is 0 Å². The van der Waals surface area contributed by atoms with Crippen LogP contribution in [0.4, 0.5) is 13.2 Å². The van der Waals surface area contributed by atoms with Crippen molar-refractivity contribution in [2.75, 3.05) is 0 Å². The van der Waals surface area contributed by atoms with Gasteiger partial charge in [-0.1, -0.05) is 6.07 Å². The minimum atomic E-state index is -4.90. The quantitative estimate of drug-likeness (QED) is 0.620. The van der Waals surface area contributed by atoms with Crippen LogP contribution in [0, 0.1) is 0 Å². The van der Waals surface area contributed by atoms with Crippen LogP contribution in [0.2, 0.25) is 0 Å². The average molecular weight is 236 g/mol. The number of alkyl halides is 3. The fourth-order valence-electron chi connectivity index (χ4n) is 0.738. The fraction of sp³-hybridized carbons (Fsp3) is 0.250. The molecule has 0 atom stereocenters. The zero-order valence-electron chi connectivity index (χ0n) is 7.63. The van der Waals surface area contributed by atoms with Crippen molar-refractivity contribution < 1.29 is 18.0 Å². The van der Waals surface area contributed by atoms with Crippen LogP contribution >= 0.6 is 11.3 Å². The minimum absolute atomic E-state index is 0.336. The Bertz CT molecular complexity index is 370. The molecule has 1 N–H and O–H groups in total. The van der Waals surface area contributed by atoms with Gasteiger partial charge in [-0.25, -0.2) is 5.43 Å². The van der Waals surface area contributed by atoms with Gasteiger partial charge in [0.05, 0.1) is 5.71 Å².